The van der Waals surface area contributed by atoms with E-state index >= 15 is 0 Å². The normalized spacial score (nSPS) is 11.8. The third-order valence-electron chi connectivity index (χ3n) is 4.72. The standard InChI is InChI=1S/C15H16N2S.C8H10/c1-3-10(2)13-8-14(17-16-13)12-9-18-15-7-5-4-6-11(12)15;1-7-3-5-8(2)6-4-7/h4-10H,3H2,1-2H3,(H,16,17);3-6H,1-2H3. The maximum absolute atomic E-state index is 4.46. The monoisotopic (exact) mass is 362 g/mol. The minimum atomic E-state index is 0.538. The van der Waals surface area contributed by atoms with Gasteiger partial charge in [-0.2, -0.15) is 5.10 Å². The number of aromatic amines is 1. The number of rotatable bonds is 3. The Morgan fingerprint density at radius 1 is 1.00 bits per heavy atom. The van der Waals surface area contributed by atoms with E-state index in [2.05, 4.69) is 97.9 Å². The van der Waals surface area contributed by atoms with Crippen molar-refractivity contribution in [3.63, 3.8) is 0 Å². The van der Waals surface area contributed by atoms with Crippen LogP contribution in [0.1, 0.15) is 43.0 Å². The predicted molar refractivity (Wildman–Crippen MR) is 114 cm³/mol. The molecule has 2 nitrogen and oxygen atoms in total. The van der Waals surface area contributed by atoms with Crippen LogP contribution in [-0.2, 0) is 0 Å². The summed E-state index contributed by atoms with van der Waals surface area (Å²) in [6, 6.07) is 19.2. The molecule has 1 atom stereocenters. The van der Waals surface area contributed by atoms with Crippen molar-refractivity contribution >= 4 is 21.4 Å². The molecule has 0 bridgehead atoms. The maximum Gasteiger partial charge on any atom is 0.0938 e. The molecule has 0 saturated heterocycles. The Bertz CT molecular complexity index is 942. The summed E-state index contributed by atoms with van der Waals surface area (Å²) in [7, 11) is 0. The highest BCUT2D eigenvalue weighted by Crippen LogP contribution is 2.33. The van der Waals surface area contributed by atoms with Crippen molar-refractivity contribution in [2.75, 3.05) is 0 Å². The number of thiophene rings is 1. The van der Waals surface area contributed by atoms with Crippen molar-refractivity contribution in [2.24, 2.45) is 0 Å². The molecule has 1 N–H and O–H groups in total. The van der Waals surface area contributed by atoms with Gasteiger partial charge in [0.2, 0.25) is 0 Å². The van der Waals surface area contributed by atoms with Crippen LogP contribution in [0.25, 0.3) is 21.3 Å². The van der Waals surface area contributed by atoms with Crippen molar-refractivity contribution in [3.05, 3.63) is 76.8 Å². The van der Waals surface area contributed by atoms with Gasteiger partial charge in [-0.3, -0.25) is 5.10 Å². The maximum atomic E-state index is 4.46. The first kappa shape index (κ1) is 18.4. The van der Waals surface area contributed by atoms with Gasteiger partial charge in [0.25, 0.3) is 0 Å². The zero-order chi connectivity index (χ0) is 18.5. The lowest BCUT2D eigenvalue weighted by Crippen LogP contribution is -1.90. The van der Waals surface area contributed by atoms with Gasteiger partial charge < -0.3 is 0 Å². The topological polar surface area (TPSA) is 28.7 Å². The molecule has 0 amide bonds. The summed E-state index contributed by atoms with van der Waals surface area (Å²) in [5.74, 6) is 0.538. The Balaban J connectivity index is 0.000000206. The summed E-state index contributed by atoms with van der Waals surface area (Å²) in [6.45, 7) is 8.62. The molecule has 0 aliphatic heterocycles. The Labute approximate surface area is 159 Å². The molecule has 0 spiro atoms. The van der Waals surface area contributed by atoms with Gasteiger partial charge in [-0.15, -0.1) is 11.3 Å². The highest BCUT2D eigenvalue weighted by molar-refractivity contribution is 7.17. The summed E-state index contributed by atoms with van der Waals surface area (Å²) in [5.41, 5.74) is 6.18. The van der Waals surface area contributed by atoms with Gasteiger partial charge in [0.15, 0.2) is 0 Å². The smallest absolute Gasteiger partial charge is 0.0938 e. The zero-order valence-corrected chi connectivity index (χ0v) is 16.7. The van der Waals surface area contributed by atoms with E-state index in [4.69, 9.17) is 0 Å². The molecule has 0 fully saturated rings. The Hall–Kier alpha value is -2.39. The van der Waals surface area contributed by atoms with Crippen LogP contribution in [0.2, 0.25) is 0 Å². The molecule has 4 rings (SSSR count). The number of hydrogen-bond acceptors (Lipinski definition) is 2. The third-order valence-corrected chi connectivity index (χ3v) is 5.68. The molecule has 2 aromatic carbocycles. The first-order valence-electron chi connectivity index (χ1n) is 9.13. The average molecular weight is 363 g/mol. The molecule has 2 aromatic heterocycles. The van der Waals surface area contributed by atoms with Crippen LogP contribution < -0.4 is 0 Å². The van der Waals surface area contributed by atoms with E-state index in [0.29, 0.717) is 5.92 Å². The molecule has 3 heteroatoms. The minimum absolute atomic E-state index is 0.538. The molecule has 0 radical (unpaired) electrons. The van der Waals surface area contributed by atoms with Crippen molar-refractivity contribution in [1.29, 1.82) is 0 Å². The van der Waals surface area contributed by atoms with Gasteiger partial charge in [0.05, 0.1) is 5.69 Å². The molecule has 26 heavy (non-hydrogen) atoms. The van der Waals surface area contributed by atoms with Crippen LogP contribution in [0.5, 0.6) is 0 Å². The number of H-pyrrole nitrogens is 1. The van der Waals surface area contributed by atoms with Gasteiger partial charge >= 0.3 is 0 Å². The molecule has 134 valence electrons. The minimum Gasteiger partial charge on any atom is -0.282 e. The zero-order valence-electron chi connectivity index (χ0n) is 15.9. The molecule has 0 aliphatic rings. The van der Waals surface area contributed by atoms with E-state index < -0.39 is 0 Å². The lowest BCUT2D eigenvalue weighted by Gasteiger charge is -2.02. The molecule has 2 heterocycles. The van der Waals surface area contributed by atoms with Crippen LogP contribution in [0.3, 0.4) is 0 Å². The summed E-state index contributed by atoms with van der Waals surface area (Å²) in [4.78, 5) is 0. The summed E-state index contributed by atoms with van der Waals surface area (Å²) in [5, 5.41) is 11.1. The second kappa shape index (κ2) is 8.33. The van der Waals surface area contributed by atoms with Gasteiger partial charge in [0, 0.05) is 26.7 Å². The summed E-state index contributed by atoms with van der Waals surface area (Å²) >= 11 is 1.78. The summed E-state index contributed by atoms with van der Waals surface area (Å²) in [6.07, 6.45) is 1.13. The van der Waals surface area contributed by atoms with Gasteiger partial charge in [-0.05, 0) is 38.3 Å². The lowest BCUT2D eigenvalue weighted by atomic mass is 10.0. The van der Waals surface area contributed by atoms with Crippen molar-refractivity contribution in [1.82, 2.24) is 10.2 Å². The first-order valence-corrected chi connectivity index (χ1v) is 10.0. The second-order valence-corrected chi connectivity index (χ2v) is 7.73. The number of aromatic nitrogens is 2. The van der Waals surface area contributed by atoms with Gasteiger partial charge in [-0.1, -0.05) is 67.4 Å². The largest absolute Gasteiger partial charge is 0.282 e. The SMILES string of the molecule is CCC(C)c1cc(-c2csc3ccccc23)n[nH]1.Cc1ccc(C)cc1. The van der Waals surface area contributed by atoms with E-state index in [0.717, 1.165) is 12.1 Å². The molecule has 0 saturated carbocycles. The van der Waals surface area contributed by atoms with Crippen molar-refractivity contribution in [3.8, 4) is 11.3 Å². The Kier molecular flexibility index (Phi) is 5.89. The average Bonchev–Trinajstić information content (AvgIpc) is 3.30. The Morgan fingerprint density at radius 2 is 1.65 bits per heavy atom. The number of fused-ring (bicyclic) bond motifs is 1. The molecular formula is C23H26N2S. The first-order chi connectivity index (χ1) is 12.6. The van der Waals surface area contributed by atoms with E-state index in [1.54, 1.807) is 11.3 Å². The van der Waals surface area contributed by atoms with Crippen LogP contribution in [-0.4, -0.2) is 10.2 Å². The number of nitrogens with zero attached hydrogens (tertiary/aromatic N) is 1. The van der Waals surface area contributed by atoms with Gasteiger partial charge in [-0.25, -0.2) is 0 Å². The fourth-order valence-electron chi connectivity index (χ4n) is 2.76. The number of aryl methyl sites for hydroxylation is 2. The lowest BCUT2D eigenvalue weighted by molar-refractivity contribution is 0.703. The second-order valence-electron chi connectivity index (χ2n) is 6.82. The van der Waals surface area contributed by atoms with E-state index in [1.807, 2.05) is 0 Å². The fraction of sp³-hybridized carbons (Fsp3) is 0.261. The number of hydrogen-bond donors (Lipinski definition) is 1. The summed E-state index contributed by atoms with van der Waals surface area (Å²) < 4.78 is 1.32. The van der Waals surface area contributed by atoms with Crippen LogP contribution >= 0.6 is 11.3 Å². The van der Waals surface area contributed by atoms with Crippen LogP contribution in [0.15, 0.2) is 60.0 Å². The number of nitrogens with one attached hydrogen (secondary N) is 1. The molecule has 0 aliphatic carbocycles. The molecular weight excluding hydrogens is 336 g/mol. The van der Waals surface area contributed by atoms with Crippen molar-refractivity contribution in [2.45, 2.75) is 40.0 Å². The fourth-order valence-corrected chi connectivity index (χ4v) is 3.71. The highest BCUT2D eigenvalue weighted by Gasteiger charge is 2.12. The quantitative estimate of drug-likeness (QED) is 0.413. The van der Waals surface area contributed by atoms with E-state index in [1.165, 1.54) is 32.5 Å². The predicted octanol–water partition coefficient (Wildman–Crippen LogP) is 7.11. The van der Waals surface area contributed by atoms with E-state index in [9.17, 15) is 0 Å². The van der Waals surface area contributed by atoms with Crippen LogP contribution in [0.4, 0.5) is 0 Å². The van der Waals surface area contributed by atoms with Crippen LogP contribution in [0, 0.1) is 13.8 Å². The Morgan fingerprint density at radius 3 is 2.31 bits per heavy atom. The number of benzene rings is 2. The third kappa shape index (κ3) is 4.23. The van der Waals surface area contributed by atoms with E-state index in [-0.39, 0.29) is 0 Å². The highest BCUT2D eigenvalue weighted by atomic mass is 32.1. The van der Waals surface area contributed by atoms with Gasteiger partial charge in [0.1, 0.15) is 0 Å². The molecule has 1 unspecified atom stereocenters. The van der Waals surface area contributed by atoms with Crippen molar-refractivity contribution < 1.29 is 0 Å². The molecule has 4 aromatic rings.